The van der Waals surface area contributed by atoms with Gasteiger partial charge in [0.1, 0.15) is 0 Å². The third-order valence-corrected chi connectivity index (χ3v) is 7.20. The molecule has 0 aliphatic heterocycles. The molecule has 0 atom stereocenters. The Balaban J connectivity index is 1.74. The molecule has 0 saturated heterocycles. The van der Waals surface area contributed by atoms with Crippen molar-refractivity contribution in [2.24, 2.45) is 5.10 Å². The number of methoxy groups -OCH3 is 1. The Bertz CT molecular complexity index is 1270. The van der Waals surface area contributed by atoms with Gasteiger partial charge in [-0.25, -0.2) is 13.8 Å². The number of hydrogen-bond acceptors (Lipinski definition) is 6. The molecule has 0 aliphatic rings. The van der Waals surface area contributed by atoms with Crippen LogP contribution in [0.25, 0.3) is 0 Å². The number of benzene rings is 3. The first-order valence-corrected chi connectivity index (χ1v) is 13.0. The quantitative estimate of drug-likeness (QED) is 0.280. The molecule has 35 heavy (non-hydrogen) atoms. The molecule has 0 radical (unpaired) electrons. The van der Waals surface area contributed by atoms with Crippen LogP contribution in [0.2, 0.25) is 0 Å². The van der Waals surface area contributed by atoms with Crippen LogP contribution < -0.4 is 14.9 Å². The smallest absolute Gasteiger partial charge is 0.255 e. The van der Waals surface area contributed by atoms with Crippen LogP contribution in [-0.4, -0.2) is 45.1 Å². The van der Waals surface area contributed by atoms with Crippen molar-refractivity contribution < 1.29 is 22.7 Å². The van der Waals surface area contributed by atoms with Crippen LogP contribution in [-0.2, 0) is 21.4 Å². The molecular weight excluding hydrogens is 534 g/mol. The lowest BCUT2D eigenvalue weighted by molar-refractivity contribution is -0.121. The number of ether oxygens (including phenoxy) is 2. The highest BCUT2D eigenvalue weighted by Gasteiger charge is 2.26. The number of rotatable bonds is 11. The summed E-state index contributed by atoms with van der Waals surface area (Å²) in [6.07, 6.45) is 1.45. The summed E-state index contributed by atoms with van der Waals surface area (Å²) >= 11 is 3.37. The molecule has 8 nitrogen and oxygen atoms in total. The Morgan fingerprint density at radius 1 is 1.06 bits per heavy atom. The molecule has 3 rings (SSSR count). The van der Waals surface area contributed by atoms with E-state index >= 15 is 0 Å². The van der Waals surface area contributed by atoms with Gasteiger partial charge in [-0.05, 0) is 60.5 Å². The summed E-state index contributed by atoms with van der Waals surface area (Å²) in [4.78, 5) is 12.8. The van der Waals surface area contributed by atoms with E-state index in [1.165, 1.54) is 25.5 Å². The van der Waals surface area contributed by atoms with Crippen molar-refractivity contribution in [2.45, 2.75) is 18.4 Å². The number of hydrazone groups is 1. The van der Waals surface area contributed by atoms with E-state index in [4.69, 9.17) is 9.47 Å². The molecular formula is C25H26BrN3O5S. The summed E-state index contributed by atoms with van der Waals surface area (Å²) in [6.45, 7) is 2.00. The molecule has 0 spiro atoms. The van der Waals surface area contributed by atoms with Gasteiger partial charge in [0.05, 0.1) is 31.4 Å². The van der Waals surface area contributed by atoms with E-state index < -0.39 is 22.5 Å². The van der Waals surface area contributed by atoms with Gasteiger partial charge in [0, 0.05) is 11.0 Å². The molecule has 0 aromatic heterocycles. The Hall–Kier alpha value is -3.21. The van der Waals surface area contributed by atoms with E-state index in [0.717, 1.165) is 14.3 Å². The summed E-state index contributed by atoms with van der Waals surface area (Å²) in [7, 11) is -2.39. The molecule has 184 valence electrons. The van der Waals surface area contributed by atoms with Crippen molar-refractivity contribution in [1.82, 2.24) is 9.73 Å². The highest BCUT2D eigenvalue weighted by Crippen LogP contribution is 2.27. The van der Waals surface area contributed by atoms with Gasteiger partial charge < -0.3 is 9.47 Å². The maximum Gasteiger partial charge on any atom is 0.255 e. The average Bonchev–Trinajstić information content (AvgIpc) is 2.86. The number of carbonyl (C=O) groups is 1. The number of carbonyl (C=O) groups excluding carboxylic acids is 1. The fraction of sp³-hybridized carbons (Fsp3) is 0.200. The highest BCUT2D eigenvalue weighted by atomic mass is 79.9. The molecule has 1 amide bonds. The van der Waals surface area contributed by atoms with Crippen LogP contribution in [0.3, 0.4) is 0 Å². The molecule has 0 bridgehead atoms. The van der Waals surface area contributed by atoms with Crippen LogP contribution in [0, 0.1) is 0 Å². The largest absolute Gasteiger partial charge is 0.493 e. The van der Waals surface area contributed by atoms with Gasteiger partial charge in [-0.1, -0.05) is 46.3 Å². The topological polar surface area (TPSA) is 97.3 Å². The van der Waals surface area contributed by atoms with Gasteiger partial charge in [0.15, 0.2) is 11.5 Å². The molecule has 10 heteroatoms. The van der Waals surface area contributed by atoms with Crippen LogP contribution in [0.5, 0.6) is 11.5 Å². The van der Waals surface area contributed by atoms with Crippen molar-refractivity contribution >= 4 is 38.1 Å². The summed E-state index contributed by atoms with van der Waals surface area (Å²) < 4.78 is 39.3. The van der Waals surface area contributed by atoms with E-state index in [2.05, 4.69) is 26.5 Å². The molecule has 0 heterocycles. The predicted octanol–water partition coefficient (Wildman–Crippen LogP) is 4.20. The van der Waals surface area contributed by atoms with Crippen molar-refractivity contribution in [3.05, 3.63) is 88.4 Å². The number of sulfonamides is 1. The molecule has 3 aromatic carbocycles. The van der Waals surface area contributed by atoms with Gasteiger partial charge in [-0.15, -0.1) is 0 Å². The number of nitrogens with zero attached hydrogens (tertiary/aromatic N) is 2. The first kappa shape index (κ1) is 26.4. The second-order valence-corrected chi connectivity index (χ2v) is 10.2. The van der Waals surface area contributed by atoms with E-state index in [0.29, 0.717) is 23.7 Å². The fourth-order valence-corrected chi connectivity index (χ4v) is 4.84. The Morgan fingerprint density at radius 3 is 2.43 bits per heavy atom. The summed E-state index contributed by atoms with van der Waals surface area (Å²) in [5.41, 5.74) is 3.82. The van der Waals surface area contributed by atoms with Crippen LogP contribution >= 0.6 is 15.9 Å². The average molecular weight is 560 g/mol. The van der Waals surface area contributed by atoms with Crippen molar-refractivity contribution in [1.29, 1.82) is 0 Å². The number of amides is 1. The van der Waals surface area contributed by atoms with Crippen LogP contribution in [0.15, 0.2) is 87.3 Å². The Morgan fingerprint density at radius 2 is 1.77 bits per heavy atom. The minimum Gasteiger partial charge on any atom is -0.493 e. The van der Waals surface area contributed by atoms with Crippen molar-refractivity contribution in [2.75, 3.05) is 20.3 Å². The van der Waals surface area contributed by atoms with E-state index in [1.54, 1.807) is 48.5 Å². The Kier molecular flexibility index (Phi) is 9.41. The summed E-state index contributed by atoms with van der Waals surface area (Å²) in [5, 5.41) is 3.97. The zero-order valence-electron chi connectivity index (χ0n) is 19.3. The first-order valence-electron chi connectivity index (χ1n) is 10.8. The molecule has 0 aliphatic carbocycles. The normalized spacial score (nSPS) is 11.5. The number of nitrogens with one attached hydrogen (secondary N) is 1. The lowest BCUT2D eigenvalue weighted by atomic mass is 10.2. The van der Waals surface area contributed by atoms with Crippen LogP contribution in [0.1, 0.15) is 18.1 Å². The van der Waals surface area contributed by atoms with E-state index in [9.17, 15) is 13.2 Å². The molecule has 1 N–H and O–H groups in total. The van der Waals surface area contributed by atoms with Gasteiger partial charge >= 0.3 is 0 Å². The summed E-state index contributed by atoms with van der Waals surface area (Å²) in [5.74, 6) is 0.568. The van der Waals surface area contributed by atoms with Crippen LogP contribution in [0.4, 0.5) is 0 Å². The van der Waals surface area contributed by atoms with Gasteiger partial charge in [-0.2, -0.15) is 9.41 Å². The lowest BCUT2D eigenvalue weighted by Crippen LogP contribution is -2.39. The lowest BCUT2D eigenvalue weighted by Gasteiger charge is -2.21. The predicted molar refractivity (Wildman–Crippen MR) is 138 cm³/mol. The molecule has 0 saturated carbocycles. The first-order chi connectivity index (χ1) is 16.8. The Labute approximate surface area is 213 Å². The number of hydrogen-bond donors (Lipinski definition) is 1. The summed E-state index contributed by atoms with van der Waals surface area (Å²) in [6, 6.07) is 20.5. The highest BCUT2D eigenvalue weighted by molar-refractivity contribution is 9.10. The third-order valence-electron chi connectivity index (χ3n) is 4.86. The zero-order chi connectivity index (χ0) is 25.3. The molecule has 0 fully saturated rings. The minimum absolute atomic E-state index is 0.0255. The van der Waals surface area contributed by atoms with Gasteiger partial charge in [-0.3, -0.25) is 4.79 Å². The maximum atomic E-state index is 13.3. The maximum absolute atomic E-state index is 13.3. The SMILES string of the molecule is CCOc1ccc(/C=N\NC(=O)CN(Cc2ccc(Br)cc2)S(=O)(=O)c2ccccc2)cc1OC. The van der Waals surface area contributed by atoms with Crippen molar-refractivity contribution in [3.8, 4) is 11.5 Å². The zero-order valence-corrected chi connectivity index (χ0v) is 21.8. The standard InChI is InChI=1S/C25H26BrN3O5S/c1-3-34-23-14-11-20(15-24(23)33-2)16-27-28-25(30)18-29(17-19-9-12-21(26)13-10-19)35(31,32)22-7-5-4-6-8-22/h4-16H,3,17-18H2,1-2H3,(H,28,30)/b27-16-. The monoisotopic (exact) mass is 559 g/mol. The van der Waals surface area contributed by atoms with Gasteiger partial charge in [0.2, 0.25) is 10.0 Å². The van der Waals surface area contributed by atoms with E-state index in [-0.39, 0.29) is 11.4 Å². The second-order valence-electron chi connectivity index (χ2n) is 7.35. The molecule has 3 aromatic rings. The van der Waals surface area contributed by atoms with Crippen molar-refractivity contribution in [3.63, 3.8) is 0 Å². The fourth-order valence-electron chi connectivity index (χ4n) is 3.17. The van der Waals surface area contributed by atoms with E-state index in [1.807, 2.05) is 19.1 Å². The number of halogens is 1. The second kappa shape index (κ2) is 12.5. The minimum atomic E-state index is -3.92. The molecule has 0 unspecified atom stereocenters. The van der Waals surface area contributed by atoms with Gasteiger partial charge in [0.25, 0.3) is 5.91 Å². The third kappa shape index (κ3) is 7.38.